The number of methoxy groups -OCH3 is 1. The molecule has 1 aliphatic carbocycles. The van der Waals surface area contributed by atoms with Crippen LogP contribution in [0.25, 0.3) is 0 Å². The molecule has 1 aromatic carbocycles. The van der Waals surface area contributed by atoms with Gasteiger partial charge >= 0.3 is 5.69 Å². The Morgan fingerprint density at radius 3 is 2.73 bits per heavy atom. The molecular formula is C30H32N6O5. The van der Waals surface area contributed by atoms with Crippen molar-refractivity contribution in [2.24, 2.45) is 5.41 Å². The second-order valence-electron chi connectivity index (χ2n) is 11.3. The summed E-state index contributed by atoms with van der Waals surface area (Å²) in [7, 11) is 1.54. The number of pyridine rings is 1. The normalized spacial score (nSPS) is 18.1. The number of hydrogen-bond acceptors (Lipinski definition) is 8. The Kier molecular flexibility index (Phi) is 7.20. The van der Waals surface area contributed by atoms with Crippen LogP contribution in [0.3, 0.4) is 0 Å². The molecule has 1 amide bonds. The number of ether oxygens (including phenoxy) is 1. The SMILES string of the molecule is COc1ccc([C@@H]2C(C(=O)Nc3ncccc3C)=C(C)NC3=C2C(=O)CC(C)(C)C3)cc1Cn1cc([N+](=O)[O-])cn1. The lowest BCUT2D eigenvalue weighted by molar-refractivity contribution is -0.385. The van der Waals surface area contributed by atoms with Gasteiger partial charge in [-0.05, 0) is 55.0 Å². The second kappa shape index (κ2) is 10.6. The van der Waals surface area contributed by atoms with Gasteiger partial charge in [0.05, 0.1) is 18.6 Å². The average molecular weight is 557 g/mol. The molecule has 2 N–H and O–H groups in total. The van der Waals surface area contributed by atoms with Crippen molar-refractivity contribution >= 4 is 23.2 Å². The molecule has 0 saturated carbocycles. The third-order valence-electron chi connectivity index (χ3n) is 7.53. The minimum absolute atomic E-state index is 0.0133. The van der Waals surface area contributed by atoms with Gasteiger partial charge in [-0.3, -0.25) is 24.4 Å². The summed E-state index contributed by atoms with van der Waals surface area (Å²) in [6.07, 6.45) is 5.18. The summed E-state index contributed by atoms with van der Waals surface area (Å²) in [5, 5.41) is 21.6. The van der Waals surface area contributed by atoms with E-state index in [1.54, 1.807) is 25.4 Å². The molecule has 41 heavy (non-hydrogen) atoms. The molecule has 0 saturated heterocycles. The molecule has 3 aromatic rings. The zero-order valence-corrected chi connectivity index (χ0v) is 23.6. The van der Waals surface area contributed by atoms with E-state index in [0.29, 0.717) is 46.8 Å². The highest BCUT2D eigenvalue weighted by atomic mass is 16.6. The zero-order valence-electron chi connectivity index (χ0n) is 23.6. The van der Waals surface area contributed by atoms with Crippen LogP contribution in [0.1, 0.15) is 56.2 Å². The first-order chi connectivity index (χ1) is 19.5. The molecule has 3 heterocycles. The number of dihydropyridines is 1. The topological polar surface area (TPSA) is 141 Å². The van der Waals surface area contributed by atoms with Crippen LogP contribution in [0, 0.1) is 22.5 Å². The largest absolute Gasteiger partial charge is 0.496 e. The maximum Gasteiger partial charge on any atom is 0.307 e. The molecule has 1 aliphatic heterocycles. The number of hydrogen-bond donors (Lipinski definition) is 2. The van der Waals surface area contributed by atoms with Crippen LogP contribution in [0.5, 0.6) is 5.75 Å². The molecule has 5 rings (SSSR count). The van der Waals surface area contributed by atoms with E-state index in [1.807, 2.05) is 32.0 Å². The van der Waals surface area contributed by atoms with Crippen LogP contribution in [0.15, 0.2) is 71.5 Å². The van der Waals surface area contributed by atoms with E-state index in [9.17, 15) is 19.7 Å². The Balaban J connectivity index is 1.61. The Morgan fingerprint density at radius 2 is 2.05 bits per heavy atom. The van der Waals surface area contributed by atoms with Crippen LogP contribution in [-0.4, -0.2) is 38.5 Å². The van der Waals surface area contributed by atoms with Gasteiger partial charge in [0.2, 0.25) is 0 Å². The molecule has 0 fully saturated rings. The smallest absolute Gasteiger partial charge is 0.307 e. The van der Waals surface area contributed by atoms with Gasteiger partial charge in [-0.2, -0.15) is 5.10 Å². The summed E-state index contributed by atoms with van der Waals surface area (Å²) in [5.41, 5.74) is 4.37. The first kappa shape index (κ1) is 27.8. The first-order valence-corrected chi connectivity index (χ1v) is 13.3. The first-order valence-electron chi connectivity index (χ1n) is 13.3. The Labute approximate surface area is 237 Å². The van der Waals surface area contributed by atoms with Crippen molar-refractivity contribution < 1.29 is 19.2 Å². The predicted octanol–water partition coefficient (Wildman–Crippen LogP) is 4.79. The monoisotopic (exact) mass is 556 g/mol. The van der Waals surface area contributed by atoms with Crippen molar-refractivity contribution in [1.82, 2.24) is 20.1 Å². The van der Waals surface area contributed by atoms with Crippen LogP contribution in [0.4, 0.5) is 11.5 Å². The quantitative estimate of drug-likeness (QED) is 0.312. The minimum atomic E-state index is -0.643. The maximum absolute atomic E-state index is 13.9. The highest BCUT2D eigenvalue weighted by molar-refractivity contribution is 6.09. The number of rotatable bonds is 7. The highest BCUT2D eigenvalue weighted by Gasteiger charge is 2.43. The number of ketones is 1. The van der Waals surface area contributed by atoms with E-state index < -0.39 is 10.8 Å². The number of anilines is 1. The Morgan fingerprint density at radius 1 is 1.27 bits per heavy atom. The summed E-state index contributed by atoms with van der Waals surface area (Å²) < 4.78 is 7.05. The van der Waals surface area contributed by atoms with E-state index in [2.05, 4.69) is 34.6 Å². The van der Waals surface area contributed by atoms with Crippen LogP contribution >= 0.6 is 0 Å². The molecule has 1 atom stereocenters. The average Bonchev–Trinajstić information content (AvgIpc) is 3.37. The fourth-order valence-electron chi connectivity index (χ4n) is 5.67. The predicted molar refractivity (Wildman–Crippen MR) is 152 cm³/mol. The number of amides is 1. The number of aromatic nitrogens is 3. The maximum atomic E-state index is 13.9. The van der Waals surface area contributed by atoms with Crippen molar-refractivity contribution in [3.05, 3.63) is 98.3 Å². The number of aryl methyl sites for hydroxylation is 1. The molecule has 2 aromatic heterocycles. The lowest BCUT2D eigenvalue weighted by Crippen LogP contribution is -2.39. The third kappa shape index (κ3) is 5.47. The number of allylic oxidation sites excluding steroid dienone is 3. The third-order valence-corrected chi connectivity index (χ3v) is 7.53. The lowest BCUT2D eigenvalue weighted by Gasteiger charge is -2.39. The number of nitrogens with zero attached hydrogens (tertiary/aromatic N) is 4. The number of nitrogens with one attached hydrogen (secondary N) is 2. The number of nitro groups is 1. The molecule has 0 unspecified atom stereocenters. The number of carbonyl (C=O) groups is 2. The Hall–Kier alpha value is -4.80. The van der Waals surface area contributed by atoms with Gasteiger partial charge in [-0.15, -0.1) is 0 Å². The van der Waals surface area contributed by atoms with Gasteiger partial charge in [0.25, 0.3) is 5.91 Å². The molecular weight excluding hydrogens is 524 g/mol. The molecule has 2 aliphatic rings. The summed E-state index contributed by atoms with van der Waals surface area (Å²) >= 11 is 0. The van der Waals surface area contributed by atoms with E-state index in [1.165, 1.54) is 17.1 Å². The summed E-state index contributed by atoms with van der Waals surface area (Å²) in [6.45, 7) is 8.02. The van der Waals surface area contributed by atoms with Crippen LogP contribution < -0.4 is 15.4 Å². The van der Waals surface area contributed by atoms with Crippen LogP contribution in [-0.2, 0) is 16.1 Å². The molecule has 0 spiro atoms. The van der Waals surface area contributed by atoms with Crippen molar-refractivity contribution in [3.63, 3.8) is 0 Å². The summed E-state index contributed by atoms with van der Waals surface area (Å²) in [6, 6.07) is 9.19. The van der Waals surface area contributed by atoms with Gasteiger partial charge in [0, 0.05) is 46.6 Å². The minimum Gasteiger partial charge on any atom is -0.496 e. The highest BCUT2D eigenvalue weighted by Crippen LogP contribution is 2.47. The van der Waals surface area contributed by atoms with Crippen molar-refractivity contribution in [2.75, 3.05) is 12.4 Å². The van der Waals surface area contributed by atoms with E-state index in [4.69, 9.17) is 4.74 Å². The number of Topliss-reactive ketones (excluding diaryl/α,β-unsaturated/α-hetero) is 1. The number of benzene rings is 1. The van der Waals surface area contributed by atoms with Gasteiger partial charge in [-0.25, -0.2) is 4.98 Å². The van der Waals surface area contributed by atoms with Gasteiger partial charge < -0.3 is 15.4 Å². The molecule has 0 bridgehead atoms. The summed E-state index contributed by atoms with van der Waals surface area (Å²) in [5.74, 6) is -0.00717. The summed E-state index contributed by atoms with van der Waals surface area (Å²) in [4.78, 5) is 42.6. The fraction of sp³-hybridized carbons (Fsp3) is 0.333. The van der Waals surface area contributed by atoms with Gasteiger partial charge in [0.15, 0.2) is 5.78 Å². The fourth-order valence-corrected chi connectivity index (χ4v) is 5.67. The molecule has 212 valence electrons. The van der Waals surface area contributed by atoms with E-state index >= 15 is 0 Å². The number of carbonyl (C=O) groups excluding carboxylic acids is 2. The standard InChI is InChI=1S/C30H32N6O5/c1-17-7-6-10-31-28(17)34-29(38)25-18(2)33-22-12-30(3,4)13-23(37)27(22)26(25)19-8-9-24(41-5)20(11-19)15-35-16-21(14-32-35)36(39)40/h6-11,14,16,26,33H,12-13,15H2,1-5H3,(H,31,34,38)/t26-/m1/s1. The Bertz CT molecular complexity index is 1630. The van der Waals surface area contributed by atoms with E-state index in [-0.39, 0.29) is 29.3 Å². The van der Waals surface area contributed by atoms with Gasteiger partial charge in [0.1, 0.15) is 24.0 Å². The van der Waals surface area contributed by atoms with Crippen molar-refractivity contribution in [1.29, 1.82) is 0 Å². The second-order valence-corrected chi connectivity index (χ2v) is 11.3. The lowest BCUT2D eigenvalue weighted by atomic mass is 9.68. The molecule has 11 nitrogen and oxygen atoms in total. The van der Waals surface area contributed by atoms with Crippen molar-refractivity contribution in [2.45, 2.75) is 53.0 Å². The van der Waals surface area contributed by atoms with Gasteiger partial charge in [-0.1, -0.05) is 26.0 Å². The molecule has 11 heteroatoms. The zero-order chi connectivity index (χ0) is 29.5. The van der Waals surface area contributed by atoms with E-state index in [0.717, 1.165) is 16.8 Å². The van der Waals surface area contributed by atoms with Crippen molar-refractivity contribution in [3.8, 4) is 5.75 Å². The van der Waals surface area contributed by atoms with Crippen LogP contribution in [0.2, 0.25) is 0 Å². The molecule has 0 radical (unpaired) electrons.